The average molecular weight is 517 g/mol. The van der Waals surface area contributed by atoms with Crippen molar-refractivity contribution in [1.29, 1.82) is 0 Å². The van der Waals surface area contributed by atoms with Gasteiger partial charge in [-0.05, 0) is 63.5 Å². The molecule has 6 N–H and O–H groups in total. The van der Waals surface area contributed by atoms with Gasteiger partial charge in [0.15, 0.2) is 0 Å². The molecule has 1 aromatic carbocycles. The summed E-state index contributed by atoms with van der Waals surface area (Å²) in [7, 11) is 0. The fraction of sp³-hybridized carbons (Fsp3) is 0.519. The van der Waals surface area contributed by atoms with Crippen LogP contribution in [0.25, 0.3) is 10.4 Å². The lowest BCUT2D eigenvalue weighted by molar-refractivity contribution is -0.132. The normalized spacial score (nSPS) is 16.3. The van der Waals surface area contributed by atoms with Crippen LogP contribution in [0.1, 0.15) is 71.1 Å². The number of carbonyl (C=O) groups is 2. The maximum absolute atomic E-state index is 11.6. The van der Waals surface area contributed by atoms with E-state index in [0.717, 1.165) is 30.1 Å². The fourth-order valence-electron chi connectivity index (χ4n) is 3.63. The molecular weight excluding hydrogens is 472 g/mol. The molecule has 0 bridgehead atoms. The third kappa shape index (κ3) is 11.7. The van der Waals surface area contributed by atoms with Crippen molar-refractivity contribution in [3.8, 4) is 10.4 Å². The first-order chi connectivity index (χ1) is 17.3. The molecule has 1 saturated heterocycles. The zero-order valence-electron chi connectivity index (χ0n) is 22.4. The van der Waals surface area contributed by atoms with Crippen molar-refractivity contribution in [3.05, 3.63) is 52.9 Å². The third-order valence-corrected chi connectivity index (χ3v) is 6.67. The number of nitrogens with one attached hydrogen (secondary N) is 2. The van der Waals surface area contributed by atoms with Crippen LogP contribution in [0.4, 0.5) is 0 Å². The first-order valence-corrected chi connectivity index (χ1v) is 13.6. The highest BCUT2D eigenvalue weighted by atomic mass is 32.1. The molecule has 36 heavy (non-hydrogen) atoms. The number of carbonyl (C=O) groups excluding carboxylic acids is 2. The molecular formula is C27H44N6O2S. The van der Waals surface area contributed by atoms with E-state index < -0.39 is 0 Å². The molecule has 9 heteroatoms. The highest BCUT2D eigenvalue weighted by Gasteiger charge is 2.30. The number of hydrogen-bond acceptors (Lipinski definition) is 7. The number of hydrogen-bond donors (Lipinski definition) is 4. The number of likely N-dealkylation sites (tertiary alicyclic amines) is 1. The molecule has 2 aromatic rings. The van der Waals surface area contributed by atoms with Crippen LogP contribution in [0.5, 0.6) is 0 Å². The van der Waals surface area contributed by atoms with Gasteiger partial charge in [-0.2, -0.15) is 0 Å². The molecule has 2 fully saturated rings. The highest BCUT2D eigenvalue weighted by Crippen LogP contribution is 2.33. The number of benzene rings is 1. The molecule has 2 amide bonds. The van der Waals surface area contributed by atoms with Gasteiger partial charge in [0.1, 0.15) is 0 Å². The number of allylic oxidation sites excluding steroid dienone is 1. The Bertz CT molecular complexity index is 921. The number of aryl methyl sites for hydroxylation is 1. The maximum Gasteiger partial charge on any atom is 0.223 e. The second-order valence-corrected chi connectivity index (χ2v) is 9.60. The molecule has 0 radical (unpaired) electrons. The summed E-state index contributed by atoms with van der Waals surface area (Å²) in [6.45, 7) is 11.5. The summed E-state index contributed by atoms with van der Waals surface area (Å²) in [6, 6.07) is 8.66. The highest BCUT2D eigenvalue weighted by molar-refractivity contribution is 7.13. The van der Waals surface area contributed by atoms with Crippen LogP contribution in [0.2, 0.25) is 0 Å². The molecule has 1 aromatic heterocycles. The molecule has 4 rings (SSSR count). The van der Waals surface area contributed by atoms with Gasteiger partial charge in [-0.15, -0.1) is 11.3 Å². The quantitative estimate of drug-likeness (QED) is 0.245. The summed E-state index contributed by atoms with van der Waals surface area (Å²) in [5.41, 5.74) is 13.3. The summed E-state index contributed by atoms with van der Waals surface area (Å²) in [5, 5.41) is 2.64. The lowest BCUT2D eigenvalue weighted by atomic mass is 10.1. The third-order valence-electron chi connectivity index (χ3n) is 5.70. The minimum absolute atomic E-state index is 0.405. The van der Waals surface area contributed by atoms with E-state index in [-0.39, 0.29) is 0 Å². The van der Waals surface area contributed by atoms with Crippen LogP contribution in [-0.4, -0.2) is 34.8 Å². The van der Waals surface area contributed by atoms with Crippen LogP contribution < -0.4 is 22.3 Å². The van der Waals surface area contributed by atoms with E-state index in [2.05, 4.69) is 39.7 Å². The van der Waals surface area contributed by atoms with Crippen LogP contribution in [0.3, 0.4) is 0 Å². The van der Waals surface area contributed by atoms with Crippen molar-refractivity contribution in [2.75, 3.05) is 6.54 Å². The van der Waals surface area contributed by atoms with Crippen molar-refractivity contribution in [3.63, 3.8) is 0 Å². The Morgan fingerprint density at radius 1 is 1.22 bits per heavy atom. The summed E-state index contributed by atoms with van der Waals surface area (Å²) in [5.74, 6) is 5.97. The molecule has 2 aliphatic rings. The van der Waals surface area contributed by atoms with Crippen molar-refractivity contribution in [2.24, 2.45) is 17.5 Å². The van der Waals surface area contributed by atoms with Crippen LogP contribution >= 0.6 is 11.3 Å². The van der Waals surface area contributed by atoms with E-state index in [9.17, 15) is 9.59 Å². The van der Waals surface area contributed by atoms with E-state index in [1.807, 2.05) is 38.4 Å². The Hall–Kier alpha value is -2.91. The lowest BCUT2D eigenvalue weighted by Crippen LogP contribution is -2.33. The second-order valence-electron chi connectivity index (χ2n) is 8.74. The maximum atomic E-state index is 11.6. The molecule has 200 valence electrons. The number of thiazole rings is 1. The van der Waals surface area contributed by atoms with Gasteiger partial charge in [0, 0.05) is 37.4 Å². The standard InChI is InChI=1S/C12H12N2OS.C10H17NO.C3H9N3.C2H6/c1-9-12(16-8-14-9)11-4-2-10(3-5-11)6-13-7-15;1-8-3-2-6-11(8)10(12)7-9-4-5-9;1-3(4)2-6-5;1-2/h2-5,7-8H,6H2,1H3,(H,13,15);8-9H,2-7H2,1H3;2,6H,4-5H2,1H3;1-2H3/b;;3-2-;. The van der Waals surface area contributed by atoms with E-state index in [1.165, 1.54) is 42.3 Å². The first-order valence-electron chi connectivity index (χ1n) is 12.7. The van der Waals surface area contributed by atoms with Crippen LogP contribution in [0.15, 0.2) is 41.7 Å². The smallest absolute Gasteiger partial charge is 0.223 e. The Kier molecular flexibility index (Phi) is 15.1. The minimum Gasteiger partial charge on any atom is -0.401 e. The Morgan fingerprint density at radius 2 is 1.89 bits per heavy atom. The van der Waals surface area contributed by atoms with Crippen molar-refractivity contribution >= 4 is 23.7 Å². The number of nitrogens with zero attached hydrogens (tertiary/aromatic N) is 2. The van der Waals surface area contributed by atoms with Gasteiger partial charge in [0.2, 0.25) is 12.3 Å². The largest absolute Gasteiger partial charge is 0.401 e. The summed E-state index contributed by atoms with van der Waals surface area (Å²) in [4.78, 5) is 29.3. The molecule has 0 spiro atoms. The summed E-state index contributed by atoms with van der Waals surface area (Å²) in [6.07, 6.45) is 8.03. The molecule has 1 unspecified atom stereocenters. The number of amides is 2. The first kappa shape index (κ1) is 31.1. The van der Waals surface area contributed by atoms with Crippen molar-refractivity contribution in [2.45, 2.75) is 79.3 Å². The summed E-state index contributed by atoms with van der Waals surface area (Å²) < 4.78 is 0. The molecule has 8 nitrogen and oxygen atoms in total. The number of rotatable bonds is 7. The molecule has 2 heterocycles. The van der Waals surface area contributed by atoms with E-state index in [0.29, 0.717) is 30.6 Å². The summed E-state index contributed by atoms with van der Waals surface area (Å²) >= 11 is 1.64. The second kappa shape index (κ2) is 17.5. The van der Waals surface area contributed by atoms with Crippen molar-refractivity contribution < 1.29 is 9.59 Å². The van der Waals surface area contributed by atoms with Gasteiger partial charge < -0.3 is 21.4 Å². The Morgan fingerprint density at radius 3 is 2.31 bits per heavy atom. The van der Waals surface area contributed by atoms with E-state index in [4.69, 9.17) is 11.6 Å². The number of aromatic nitrogens is 1. The topological polar surface area (TPSA) is 126 Å². The van der Waals surface area contributed by atoms with Crippen LogP contribution in [-0.2, 0) is 16.1 Å². The lowest BCUT2D eigenvalue weighted by Gasteiger charge is -2.21. The Labute approximate surface area is 220 Å². The molecule has 1 aliphatic carbocycles. The van der Waals surface area contributed by atoms with Crippen molar-refractivity contribution in [1.82, 2.24) is 20.6 Å². The van der Waals surface area contributed by atoms with Crippen LogP contribution in [0, 0.1) is 12.8 Å². The molecule has 1 atom stereocenters. The van der Waals surface area contributed by atoms with Gasteiger partial charge in [0.05, 0.1) is 16.1 Å². The van der Waals surface area contributed by atoms with Gasteiger partial charge in [-0.25, -0.2) is 4.98 Å². The zero-order valence-corrected chi connectivity index (χ0v) is 23.2. The van der Waals surface area contributed by atoms with Gasteiger partial charge in [0.25, 0.3) is 0 Å². The fourth-order valence-corrected chi connectivity index (χ4v) is 4.45. The minimum atomic E-state index is 0.405. The van der Waals surface area contributed by atoms with E-state index in [1.54, 1.807) is 18.3 Å². The molecule has 1 saturated carbocycles. The predicted octanol–water partition coefficient (Wildman–Crippen LogP) is 4.46. The van der Waals surface area contributed by atoms with Gasteiger partial charge >= 0.3 is 0 Å². The SMILES string of the molecule is C/C(N)=C/NN.CC.CC1CCCN1C(=O)CC1CC1.Cc1ncsc1-c1ccc(CNC=O)cc1. The molecule has 1 aliphatic heterocycles. The average Bonchev–Trinajstić information content (AvgIpc) is 3.41. The van der Waals surface area contributed by atoms with Gasteiger partial charge in [-0.1, -0.05) is 38.1 Å². The predicted molar refractivity (Wildman–Crippen MR) is 150 cm³/mol. The van der Waals surface area contributed by atoms with E-state index >= 15 is 0 Å². The van der Waals surface area contributed by atoms with Gasteiger partial charge in [-0.3, -0.25) is 15.4 Å². The Balaban J connectivity index is 0.000000286. The number of nitrogens with two attached hydrogens (primary N) is 2. The monoisotopic (exact) mass is 516 g/mol. The zero-order chi connectivity index (χ0) is 26.9. The number of hydrazine groups is 1.